The molecule has 1 fully saturated rings. The molecule has 1 aliphatic rings. The van der Waals surface area contributed by atoms with Gasteiger partial charge in [-0.3, -0.25) is 19.2 Å². The number of carbonyl (C=O) groups excluding carboxylic acids is 5. The van der Waals surface area contributed by atoms with Gasteiger partial charge in [0.15, 0.2) is 18.8 Å². The molecule has 0 aromatic heterocycles. The first-order valence-corrected chi connectivity index (χ1v) is 13.7. The van der Waals surface area contributed by atoms with Gasteiger partial charge in [-0.2, -0.15) is 0 Å². The number of esters is 5. The Morgan fingerprint density at radius 1 is 0.773 bits per heavy atom. The SMILES string of the molecule is COC(=O)COc1c(C)cc(-c2ccccc2O[C@H]2O[C@H](COC(C)=O)[C@@H](OC(C)=O)[C@H](OC(C)=O)[C@@H]2OC(C)=O)cc1C. The molecule has 0 amide bonds. The lowest BCUT2D eigenvalue weighted by atomic mass is 9.97. The Hall–Kier alpha value is -4.65. The third-order valence-electron chi connectivity index (χ3n) is 6.41. The van der Waals surface area contributed by atoms with Gasteiger partial charge >= 0.3 is 29.8 Å². The molecule has 1 aliphatic heterocycles. The molecule has 0 N–H and O–H groups in total. The van der Waals surface area contributed by atoms with Crippen molar-refractivity contribution in [3.63, 3.8) is 0 Å². The van der Waals surface area contributed by atoms with Gasteiger partial charge in [0.1, 0.15) is 24.2 Å². The normalized spacial score (nSPS) is 20.9. The molecular formula is C31H36O13. The molecule has 44 heavy (non-hydrogen) atoms. The van der Waals surface area contributed by atoms with Crippen molar-refractivity contribution in [2.45, 2.75) is 72.2 Å². The number of aryl methyl sites for hydroxylation is 2. The van der Waals surface area contributed by atoms with E-state index in [2.05, 4.69) is 4.74 Å². The second kappa shape index (κ2) is 15.2. The summed E-state index contributed by atoms with van der Waals surface area (Å²) >= 11 is 0. The molecular weight excluding hydrogens is 580 g/mol. The highest BCUT2D eigenvalue weighted by molar-refractivity contribution is 5.74. The van der Waals surface area contributed by atoms with Crippen LogP contribution in [0.15, 0.2) is 36.4 Å². The van der Waals surface area contributed by atoms with Crippen LogP contribution in [0.1, 0.15) is 38.8 Å². The zero-order valence-electron chi connectivity index (χ0n) is 25.6. The highest BCUT2D eigenvalue weighted by atomic mass is 16.7. The number of para-hydroxylation sites is 1. The molecule has 0 saturated carbocycles. The first kappa shape index (κ1) is 33.8. The monoisotopic (exact) mass is 616 g/mol. The Morgan fingerprint density at radius 3 is 1.91 bits per heavy atom. The number of carbonyl (C=O) groups is 5. The average Bonchev–Trinajstić information content (AvgIpc) is 2.94. The minimum Gasteiger partial charge on any atom is -0.481 e. The highest BCUT2D eigenvalue weighted by Gasteiger charge is 2.53. The van der Waals surface area contributed by atoms with Crippen molar-refractivity contribution in [2.24, 2.45) is 0 Å². The molecule has 0 spiro atoms. The number of ether oxygens (including phenoxy) is 8. The average molecular weight is 617 g/mol. The van der Waals surface area contributed by atoms with Gasteiger partial charge in [0.05, 0.1) is 7.11 Å². The minimum absolute atomic E-state index is 0.250. The number of benzene rings is 2. The molecule has 3 rings (SSSR count). The number of hydrogen-bond acceptors (Lipinski definition) is 13. The van der Waals surface area contributed by atoms with Crippen LogP contribution in [0, 0.1) is 13.8 Å². The summed E-state index contributed by atoms with van der Waals surface area (Å²) in [5.41, 5.74) is 2.83. The van der Waals surface area contributed by atoms with E-state index in [9.17, 15) is 24.0 Å². The van der Waals surface area contributed by atoms with Gasteiger partial charge < -0.3 is 37.9 Å². The van der Waals surface area contributed by atoms with E-state index < -0.39 is 60.6 Å². The summed E-state index contributed by atoms with van der Waals surface area (Å²) in [5, 5.41) is 0. The van der Waals surface area contributed by atoms with Crippen LogP contribution < -0.4 is 9.47 Å². The summed E-state index contributed by atoms with van der Waals surface area (Å²) in [6, 6.07) is 10.7. The van der Waals surface area contributed by atoms with Crippen LogP contribution in [0.4, 0.5) is 0 Å². The van der Waals surface area contributed by atoms with Gasteiger partial charge in [-0.05, 0) is 48.7 Å². The Bertz CT molecular complexity index is 1360. The molecule has 13 nitrogen and oxygen atoms in total. The predicted octanol–water partition coefficient (Wildman–Crippen LogP) is 2.98. The summed E-state index contributed by atoms with van der Waals surface area (Å²) in [4.78, 5) is 59.5. The fourth-order valence-electron chi connectivity index (χ4n) is 4.74. The number of hydrogen-bond donors (Lipinski definition) is 0. The van der Waals surface area contributed by atoms with E-state index in [0.29, 0.717) is 17.1 Å². The quantitative estimate of drug-likeness (QED) is 0.268. The molecule has 1 saturated heterocycles. The first-order chi connectivity index (χ1) is 20.8. The lowest BCUT2D eigenvalue weighted by Crippen LogP contribution is -2.63. The zero-order valence-corrected chi connectivity index (χ0v) is 25.6. The maximum Gasteiger partial charge on any atom is 0.343 e. The van der Waals surface area contributed by atoms with Crippen molar-refractivity contribution in [3.8, 4) is 22.6 Å². The number of methoxy groups -OCH3 is 1. The maximum atomic E-state index is 12.2. The van der Waals surface area contributed by atoms with Gasteiger partial charge in [-0.1, -0.05) is 18.2 Å². The lowest BCUT2D eigenvalue weighted by Gasteiger charge is -2.44. The second-order valence-corrected chi connectivity index (χ2v) is 9.99. The zero-order chi connectivity index (χ0) is 32.6. The predicted molar refractivity (Wildman–Crippen MR) is 151 cm³/mol. The van der Waals surface area contributed by atoms with Crippen molar-refractivity contribution >= 4 is 29.8 Å². The second-order valence-electron chi connectivity index (χ2n) is 9.99. The van der Waals surface area contributed by atoms with Gasteiger partial charge in [0.2, 0.25) is 12.4 Å². The maximum absolute atomic E-state index is 12.2. The Labute approximate surface area is 254 Å². The fraction of sp³-hybridized carbons (Fsp3) is 0.452. The van der Waals surface area contributed by atoms with E-state index in [0.717, 1.165) is 37.5 Å². The molecule has 2 aromatic rings. The van der Waals surface area contributed by atoms with E-state index >= 15 is 0 Å². The Balaban J connectivity index is 2.04. The van der Waals surface area contributed by atoms with Gasteiger partial charge in [0.25, 0.3) is 0 Å². The van der Waals surface area contributed by atoms with Crippen molar-refractivity contribution in [1.82, 2.24) is 0 Å². The third kappa shape index (κ3) is 8.93. The van der Waals surface area contributed by atoms with E-state index in [4.69, 9.17) is 33.2 Å². The van der Waals surface area contributed by atoms with Crippen LogP contribution in [0.2, 0.25) is 0 Å². The molecule has 0 unspecified atom stereocenters. The summed E-state index contributed by atoms with van der Waals surface area (Å²) < 4.78 is 44.2. The summed E-state index contributed by atoms with van der Waals surface area (Å²) in [5.74, 6) is -2.55. The Kier molecular flexibility index (Phi) is 11.7. The fourth-order valence-corrected chi connectivity index (χ4v) is 4.74. The number of rotatable bonds is 11. The van der Waals surface area contributed by atoms with Gasteiger partial charge in [-0.15, -0.1) is 0 Å². The lowest BCUT2D eigenvalue weighted by molar-refractivity contribution is -0.288. The summed E-state index contributed by atoms with van der Waals surface area (Å²) in [7, 11) is 1.27. The largest absolute Gasteiger partial charge is 0.481 e. The van der Waals surface area contributed by atoms with Crippen LogP contribution in [0.25, 0.3) is 11.1 Å². The van der Waals surface area contributed by atoms with Crippen molar-refractivity contribution in [2.75, 3.05) is 20.3 Å². The van der Waals surface area contributed by atoms with Crippen molar-refractivity contribution in [1.29, 1.82) is 0 Å². The summed E-state index contributed by atoms with van der Waals surface area (Å²) in [6.07, 6.45) is -6.63. The van der Waals surface area contributed by atoms with E-state index in [1.165, 1.54) is 14.0 Å². The van der Waals surface area contributed by atoms with Gasteiger partial charge in [0, 0.05) is 33.3 Å². The van der Waals surface area contributed by atoms with E-state index in [1.54, 1.807) is 24.3 Å². The van der Waals surface area contributed by atoms with Crippen molar-refractivity contribution in [3.05, 3.63) is 47.5 Å². The molecule has 13 heteroatoms. The first-order valence-electron chi connectivity index (χ1n) is 13.7. The molecule has 1 heterocycles. The third-order valence-corrected chi connectivity index (χ3v) is 6.41. The van der Waals surface area contributed by atoms with Crippen LogP contribution in [0.5, 0.6) is 11.5 Å². The minimum atomic E-state index is -1.40. The Morgan fingerprint density at radius 2 is 1.34 bits per heavy atom. The standard InChI is InChI=1S/C31H36O13/c1-16-12-22(13-17(2)27(16)39-15-26(36)37-7)23-10-8-9-11-24(23)43-31-30(42-21(6)35)29(41-20(5)34)28(40-19(4)33)25(44-31)14-38-18(3)32/h8-13,25,28-31H,14-15H2,1-7H3/t25-,28-,29+,30+,31+/m1/s1. The van der Waals surface area contributed by atoms with Crippen LogP contribution in [-0.4, -0.2) is 80.9 Å². The topological polar surface area (TPSA) is 159 Å². The van der Waals surface area contributed by atoms with Gasteiger partial charge in [-0.25, -0.2) is 4.79 Å². The molecule has 0 aliphatic carbocycles. The molecule has 238 valence electrons. The molecule has 2 aromatic carbocycles. The smallest absolute Gasteiger partial charge is 0.343 e. The van der Waals surface area contributed by atoms with Crippen LogP contribution in [0.3, 0.4) is 0 Å². The van der Waals surface area contributed by atoms with E-state index in [-0.39, 0.29) is 13.2 Å². The molecule has 5 atom stereocenters. The van der Waals surface area contributed by atoms with E-state index in [1.807, 2.05) is 26.0 Å². The molecule has 0 bridgehead atoms. The van der Waals surface area contributed by atoms with Crippen LogP contribution >= 0.6 is 0 Å². The van der Waals surface area contributed by atoms with Crippen LogP contribution in [-0.2, 0) is 52.4 Å². The van der Waals surface area contributed by atoms with Crippen molar-refractivity contribution < 1.29 is 61.9 Å². The highest BCUT2D eigenvalue weighted by Crippen LogP contribution is 2.37. The molecule has 0 radical (unpaired) electrons. The summed E-state index contributed by atoms with van der Waals surface area (Å²) in [6.45, 7) is 7.64.